The Balaban J connectivity index is 1.12. The normalized spacial score (nSPS) is 12.3. The zero-order chi connectivity index (χ0) is 55.2. The van der Waals surface area contributed by atoms with Crippen LogP contribution in [0.2, 0.25) is 0 Å². The predicted octanol–water partition coefficient (Wildman–Crippen LogP) is 22.4. The second-order valence-corrected chi connectivity index (χ2v) is 24.3. The largest absolute Gasteiger partial charge is 0.488 e. The van der Waals surface area contributed by atoms with Gasteiger partial charge in [0.1, 0.15) is 22.7 Å². The minimum Gasteiger partial charge on any atom is -0.488 e. The van der Waals surface area contributed by atoms with E-state index in [0.29, 0.717) is 11.8 Å². The molecule has 0 spiro atoms. The Hall–Kier alpha value is -8.86. The lowest BCUT2D eigenvalue weighted by atomic mass is 9.87. The van der Waals surface area contributed by atoms with Crippen molar-refractivity contribution in [2.24, 2.45) is 0 Å². The second-order valence-electron chi connectivity index (χ2n) is 24.3. The number of anilines is 6. The molecule has 0 radical (unpaired) electrons. The lowest BCUT2D eigenvalue weighted by Gasteiger charge is -2.28. The molecule has 0 bridgehead atoms. The average Bonchev–Trinajstić information content (AvgIpc) is 4.19. The van der Waals surface area contributed by atoms with Gasteiger partial charge in [0.25, 0.3) is 0 Å². The zero-order valence-corrected chi connectivity index (χ0v) is 47.7. The molecule has 4 heteroatoms. The molecule has 0 aliphatic heterocycles. The molecule has 0 atom stereocenters. The summed E-state index contributed by atoms with van der Waals surface area (Å²) in [5, 5.41) is 15.0. The van der Waals surface area contributed by atoms with Crippen molar-refractivity contribution in [1.82, 2.24) is 0 Å². The summed E-state index contributed by atoms with van der Waals surface area (Å²) in [6.45, 7) is 21.6. The van der Waals surface area contributed by atoms with Gasteiger partial charge < -0.3 is 19.3 Å². The molecule has 13 aromatic rings. The van der Waals surface area contributed by atoms with Crippen molar-refractivity contribution in [1.29, 1.82) is 0 Å². The van der Waals surface area contributed by atoms with Gasteiger partial charge in [-0.3, -0.25) is 0 Å². The van der Waals surface area contributed by atoms with E-state index in [1.165, 1.54) is 98.0 Å². The van der Waals surface area contributed by atoms with Gasteiger partial charge in [0, 0.05) is 33.5 Å². The third-order valence-corrected chi connectivity index (χ3v) is 15.9. The van der Waals surface area contributed by atoms with E-state index < -0.39 is 0 Å². The third kappa shape index (κ3) is 8.79. The van der Waals surface area contributed by atoms with Gasteiger partial charge in [-0.15, -0.1) is 0 Å². The Labute approximate surface area is 471 Å². The van der Waals surface area contributed by atoms with Crippen LogP contribution in [0.3, 0.4) is 0 Å². The van der Waals surface area contributed by atoms with Gasteiger partial charge in [0.05, 0.1) is 11.4 Å². The van der Waals surface area contributed by atoms with Gasteiger partial charge in [0.15, 0.2) is 0 Å². The van der Waals surface area contributed by atoms with Crippen molar-refractivity contribution >= 4 is 98.8 Å². The molecule has 4 nitrogen and oxygen atoms in total. The number of fused-ring (bicyclic) bond motifs is 6. The van der Waals surface area contributed by atoms with Crippen molar-refractivity contribution in [2.45, 2.75) is 92.3 Å². The highest BCUT2D eigenvalue weighted by Crippen LogP contribution is 2.58. The van der Waals surface area contributed by atoms with Crippen molar-refractivity contribution in [3.63, 3.8) is 0 Å². The summed E-state index contributed by atoms with van der Waals surface area (Å²) in [5.74, 6) is 2.53. The van der Waals surface area contributed by atoms with Crippen LogP contribution in [-0.2, 0) is 0 Å². The fraction of sp³-hybridized carbons (Fsp3) is 0.184. The standard InChI is InChI=1S/C76H68N2O2/c1-47(2)49-27-31-53(32-28-49)77(55-35-39-57(40-36-55)79-75(5,6)7)65-45-43-63-69-59(65)23-17-25-61(69)71-67(51-19-13-11-14-20-51)74-64-44-46-66(60-24-18-26-62(70(60)64)72(74)68(73(63)71)52-21-15-12-16-22-52)78(54-33-29-50(30-34-54)48(3)4)56-37-41-58(42-38-56)80-76(8,9)10/h11-48H,1-10H3. The molecule has 13 aromatic carbocycles. The van der Waals surface area contributed by atoms with E-state index in [1.54, 1.807) is 0 Å². The van der Waals surface area contributed by atoms with E-state index in [1.807, 2.05) is 0 Å². The van der Waals surface area contributed by atoms with Gasteiger partial charge in [-0.2, -0.15) is 0 Å². The monoisotopic (exact) mass is 1040 g/mol. The van der Waals surface area contributed by atoms with Gasteiger partial charge >= 0.3 is 0 Å². The molecule has 0 aromatic heterocycles. The molecule has 0 saturated carbocycles. The highest BCUT2D eigenvalue weighted by molar-refractivity contribution is 6.47. The molecule has 0 fully saturated rings. The Morgan fingerprint density at radius 3 is 0.900 bits per heavy atom. The Kier molecular flexibility index (Phi) is 12.3. The molecule has 0 N–H and O–H groups in total. The Bertz CT molecular complexity index is 4040. The first-order valence-electron chi connectivity index (χ1n) is 28.5. The predicted molar refractivity (Wildman–Crippen MR) is 343 cm³/mol. The second kappa shape index (κ2) is 19.5. The molecule has 0 aliphatic rings. The SMILES string of the molecule is CC(C)c1ccc(N(c2ccc(OC(C)(C)C)cc2)c2ccc3c4c(-c5ccccc5)c5c6cccc7c(N(c8ccc(OC(C)(C)C)cc8)c8ccc(C(C)C)cc8)ccc(c5c(-c5ccccc5)c4c4cccc2c43)c76)cc1. The van der Waals surface area contributed by atoms with Crippen LogP contribution in [-0.4, -0.2) is 11.2 Å². The van der Waals surface area contributed by atoms with E-state index in [-0.39, 0.29) is 11.2 Å². The molecule has 0 saturated heterocycles. The smallest absolute Gasteiger partial charge is 0.120 e. The summed E-state index contributed by atoms with van der Waals surface area (Å²) in [7, 11) is 0. The molecule has 0 unspecified atom stereocenters. The summed E-state index contributed by atoms with van der Waals surface area (Å²) >= 11 is 0. The minimum absolute atomic E-state index is 0.313. The summed E-state index contributed by atoms with van der Waals surface area (Å²) in [6, 6.07) is 81.3. The van der Waals surface area contributed by atoms with Gasteiger partial charge in [-0.05, 0) is 226 Å². The van der Waals surface area contributed by atoms with Gasteiger partial charge in [0.2, 0.25) is 0 Å². The lowest BCUT2D eigenvalue weighted by Crippen LogP contribution is -2.22. The van der Waals surface area contributed by atoms with Crippen LogP contribution in [0.4, 0.5) is 34.1 Å². The lowest BCUT2D eigenvalue weighted by molar-refractivity contribution is 0.130. The highest BCUT2D eigenvalue weighted by Gasteiger charge is 2.30. The van der Waals surface area contributed by atoms with E-state index in [4.69, 9.17) is 9.47 Å². The van der Waals surface area contributed by atoms with Crippen LogP contribution in [0, 0.1) is 0 Å². The van der Waals surface area contributed by atoms with Crippen molar-refractivity contribution in [3.8, 4) is 33.8 Å². The first-order chi connectivity index (χ1) is 38.6. The molecule has 0 amide bonds. The van der Waals surface area contributed by atoms with Crippen molar-refractivity contribution in [2.75, 3.05) is 9.80 Å². The molecule has 13 rings (SSSR count). The van der Waals surface area contributed by atoms with E-state index >= 15 is 0 Å². The minimum atomic E-state index is -0.313. The first kappa shape index (κ1) is 50.6. The molecule has 80 heavy (non-hydrogen) atoms. The number of ether oxygens (including phenoxy) is 2. The number of nitrogens with zero attached hydrogens (tertiary/aromatic N) is 2. The molecule has 0 heterocycles. The molecule has 0 aliphatic carbocycles. The Morgan fingerprint density at radius 1 is 0.287 bits per heavy atom. The number of benzene rings is 11. The summed E-state index contributed by atoms with van der Waals surface area (Å²) in [6.07, 6.45) is 0. The number of hydrogen-bond donors (Lipinski definition) is 0. The zero-order valence-electron chi connectivity index (χ0n) is 47.7. The quantitative estimate of drug-likeness (QED) is 0.122. The molecule has 394 valence electrons. The summed E-state index contributed by atoms with van der Waals surface area (Å²) < 4.78 is 12.7. The van der Waals surface area contributed by atoms with Crippen LogP contribution < -0.4 is 19.3 Å². The van der Waals surface area contributed by atoms with Crippen LogP contribution >= 0.6 is 0 Å². The van der Waals surface area contributed by atoms with E-state index in [9.17, 15) is 0 Å². The van der Waals surface area contributed by atoms with E-state index in [0.717, 1.165) is 45.6 Å². The fourth-order valence-electron chi connectivity index (χ4n) is 12.5. The van der Waals surface area contributed by atoms with Gasteiger partial charge in [-0.1, -0.05) is 161 Å². The highest BCUT2D eigenvalue weighted by atomic mass is 16.5. The van der Waals surface area contributed by atoms with Crippen LogP contribution in [0.25, 0.3) is 86.9 Å². The maximum Gasteiger partial charge on any atom is 0.120 e. The van der Waals surface area contributed by atoms with Crippen molar-refractivity contribution in [3.05, 3.63) is 230 Å². The average molecular weight is 1040 g/mol. The number of rotatable bonds is 12. The van der Waals surface area contributed by atoms with Crippen LogP contribution in [0.1, 0.15) is 92.2 Å². The first-order valence-corrected chi connectivity index (χ1v) is 28.5. The molecular formula is C76H68N2O2. The van der Waals surface area contributed by atoms with E-state index in [2.05, 4.69) is 297 Å². The van der Waals surface area contributed by atoms with Crippen LogP contribution in [0.15, 0.2) is 218 Å². The summed E-state index contributed by atoms with van der Waals surface area (Å²) in [5.41, 5.74) is 13.5. The molecular weight excluding hydrogens is 973 g/mol. The third-order valence-electron chi connectivity index (χ3n) is 15.9. The Morgan fingerprint density at radius 2 is 0.588 bits per heavy atom. The maximum atomic E-state index is 6.36. The maximum absolute atomic E-state index is 6.36. The topological polar surface area (TPSA) is 24.9 Å². The fourth-order valence-corrected chi connectivity index (χ4v) is 12.5. The van der Waals surface area contributed by atoms with Gasteiger partial charge in [-0.25, -0.2) is 0 Å². The summed E-state index contributed by atoms with van der Waals surface area (Å²) in [4.78, 5) is 4.86. The van der Waals surface area contributed by atoms with Crippen LogP contribution in [0.5, 0.6) is 11.5 Å². The van der Waals surface area contributed by atoms with Crippen molar-refractivity contribution < 1.29 is 9.47 Å². The number of hydrogen-bond acceptors (Lipinski definition) is 4.